The van der Waals surface area contributed by atoms with Crippen molar-refractivity contribution in [2.75, 3.05) is 5.73 Å². The molecular weight excluding hydrogens is 334 g/mol. The molecule has 0 aliphatic heterocycles. The molecule has 112 valence electrons. The number of ketones is 1. The molecule has 0 spiro atoms. The van der Waals surface area contributed by atoms with Crippen LogP contribution in [0.15, 0.2) is 39.5 Å². The second kappa shape index (κ2) is 5.15. The van der Waals surface area contributed by atoms with Crippen LogP contribution >= 0.6 is 23.4 Å². The number of hydrogen-bond acceptors (Lipinski definition) is 4. The number of nitrogens with zero attached hydrogens (tertiary/aromatic N) is 1. The SMILES string of the molecule is Nc1cc(F)cc(C(=O)c2cc(Cl)c3c(c2)oc(=O)n3Cl)c1. The summed E-state index contributed by atoms with van der Waals surface area (Å²) >= 11 is 11.7. The third kappa shape index (κ3) is 2.36. The van der Waals surface area contributed by atoms with Crippen LogP contribution in [0, 0.1) is 5.82 Å². The Bertz CT molecular complexity index is 958. The lowest BCUT2D eigenvalue weighted by atomic mass is 10.0. The van der Waals surface area contributed by atoms with Gasteiger partial charge in [0.1, 0.15) is 11.3 Å². The van der Waals surface area contributed by atoms with Crippen molar-refractivity contribution in [1.82, 2.24) is 4.09 Å². The number of oxazole rings is 1. The monoisotopic (exact) mass is 340 g/mol. The first kappa shape index (κ1) is 14.6. The molecule has 0 fully saturated rings. The first-order valence-electron chi connectivity index (χ1n) is 5.99. The van der Waals surface area contributed by atoms with Gasteiger partial charge in [-0.05, 0) is 30.3 Å². The third-order valence-electron chi connectivity index (χ3n) is 3.03. The molecule has 0 aliphatic carbocycles. The second-order valence-corrected chi connectivity index (χ2v) is 5.30. The van der Waals surface area contributed by atoms with E-state index >= 15 is 0 Å². The highest BCUT2D eigenvalue weighted by atomic mass is 35.5. The Balaban J connectivity index is 2.17. The van der Waals surface area contributed by atoms with Gasteiger partial charge in [-0.1, -0.05) is 11.6 Å². The predicted molar refractivity (Wildman–Crippen MR) is 81.0 cm³/mol. The highest BCUT2D eigenvalue weighted by Gasteiger charge is 2.18. The van der Waals surface area contributed by atoms with E-state index in [9.17, 15) is 14.0 Å². The number of carbonyl (C=O) groups excluding carboxylic acids is 1. The van der Waals surface area contributed by atoms with Crippen LogP contribution in [0.2, 0.25) is 5.02 Å². The highest BCUT2D eigenvalue weighted by Crippen LogP contribution is 2.27. The van der Waals surface area contributed by atoms with Gasteiger partial charge in [-0.3, -0.25) is 4.79 Å². The molecule has 0 bridgehead atoms. The number of rotatable bonds is 2. The van der Waals surface area contributed by atoms with Crippen LogP contribution in [0.5, 0.6) is 0 Å². The first-order chi connectivity index (χ1) is 10.4. The quantitative estimate of drug-likeness (QED) is 0.574. The average Bonchev–Trinajstić information content (AvgIpc) is 2.72. The summed E-state index contributed by atoms with van der Waals surface area (Å²) in [4.78, 5) is 23.8. The number of nitrogens with two attached hydrogens (primary N) is 1. The van der Waals surface area contributed by atoms with Crippen molar-refractivity contribution in [2.24, 2.45) is 0 Å². The molecule has 0 atom stereocenters. The van der Waals surface area contributed by atoms with Gasteiger partial charge in [0, 0.05) is 28.6 Å². The van der Waals surface area contributed by atoms with Gasteiger partial charge in [-0.2, -0.15) is 4.09 Å². The maximum Gasteiger partial charge on any atom is 0.435 e. The molecule has 0 saturated heterocycles. The fourth-order valence-corrected chi connectivity index (χ4v) is 2.66. The third-order valence-corrected chi connectivity index (χ3v) is 3.62. The summed E-state index contributed by atoms with van der Waals surface area (Å²) in [6.45, 7) is 0. The van der Waals surface area contributed by atoms with E-state index in [0.29, 0.717) is 4.09 Å². The van der Waals surface area contributed by atoms with Crippen molar-refractivity contribution in [3.8, 4) is 0 Å². The summed E-state index contributed by atoms with van der Waals surface area (Å²) in [6.07, 6.45) is 0. The number of hydrogen-bond donors (Lipinski definition) is 1. The molecule has 2 N–H and O–H groups in total. The topological polar surface area (TPSA) is 78.2 Å². The molecule has 2 aromatic carbocycles. The van der Waals surface area contributed by atoms with Crippen LogP contribution in [0.3, 0.4) is 0 Å². The van der Waals surface area contributed by atoms with Crippen LogP contribution in [0.1, 0.15) is 15.9 Å². The summed E-state index contributed by atoms with van der Waals surface area (Å²) in [7, 11) is 0. The molecule has 3 rings (SSSR count). The van der Waals surface area contributed by atoms with Crippen LogP contribution in [-0.4, -0.2) is 9.87 Å². The minimum Gasteiger partial charge on any atom is -0.407 e. The molecule has 5 nitrogen and oxygen atoms in total. The molecule has 0 unspecified atom stereocenters. The van der Waals surface area contributed by atoms with Crippen molar-refractivity contribution in [2.45, 2.75) is 0 Å². The predicted octanol–water partition coefficient (Wildman–Crippen LogP) is 3.20. The normalized spacial score (nSPS) is 11.0. The van der Waals surface area contributed by atoms with Crippen LogP contribution in [-0.2, 0) is 0 Å². The molecule has 0 aliphatic rings. The number of halogens is 3. The Kier molecular flexibility index (Phi) is 3.42. The lowest BCUT2D eigenvalue weighted by molar-refractivity contribution is 0.103. The molecule has 0 amide bonds. The van der Waals surface area contributed by atoms with Crippen LogP contribution < -0.4 is 11.5 Å². The molecule has 0 saturated carbocycles. The Morgan fingerprint density at radius 3 is 2.55 bits per heavy atom. The minimum absolute atomic E-state index is 0.0558. The molecule has 1 heterocycles. The summed E-state index contributed by atoms with van der Waals surface area (Å²) in [5.41, 5.74) is 6.03. The van der Waals surface area contributed by atoms with Crippen LogP contribution in [0.25, 0.3) is 11.1 Å². The van der Waals surface area contributed by atoms with E-state index in [1.807, 2.05) is 0 Å². The smallest absolute Gasteiger partial charge is 0.407 e. The fraction of sp³-hybridized carbons (Fsp3) is 0. The van der Waals surface area contributed by atoms with E-state index in [1.165, 1.54) is 18.2 Å². The van der Waals surface area contributed by atoms with Gasteiger partial charge < -0.3 is 10.2 Å². The molecule has 8 heteroatoms. The maximum absolute atomic E-state index is 13.4. The molecule has 0 radical (unpaired) electrons. The van der Waals surface area contributed by atoms with Gasteiger partial charge in [-0.25, -0.2) is 9.18 Å². The molecule has 3 aromatic rings. The Hall–Kier alpha value is -2.31. The molecular formula is C14H7Cl2FN2O3. The van der Waals surface area contributed by atoms with Crippen molar-refractivity contribution in [1.29, 1.82) is 0 Å². The maximum atomic E-state index is 13.4. The summed E-state index contributed by atoms with van der Waals surface area (Å²) in [5.74, 6) is -1.97. The zero-order valence-electron chi connectivity index (χ0n) is 10.8. The van der Waals surface area contributed by atoms with E-state index < -0.39 is 17.4 Å². The van der Waals surface area contributed by atoms with E-state index in [-0.39, 0.29) is 32.9 Å². The van der Waals surface area contributed by atoms with Crippen molar-refractivity contribution in [3.05, 3.63) is 62.8 Å². The number of carbonyl (C=O) groups is 1. The number of benzene rings is 2. The van der Waals surface area contributed by atoms with Crippen molar-refractivity contribution >= 4 is 45.9 Å². The summed E-state index contributed by atoms with van der Waals surface area (Å²) < 4.78 is 19.0. The number of nitrogen functional groups attached to an aromatic ring is 1. The van der Waals surface area contributed by atoms with E-state index in [0.717, 1.165) is 12.1 Å². The first-order valence-corrected chi connectivity index (χ1v) is 6.70. The Labute approximate surface area is 132 Å². The van der Waals surface area contributed by atoms with Crippen LogP contribution in [0.4, 0.5) is 10.1 Å². The largest absolute Gasteiger partial charge is 0.435 e. The lowest BCUT2D eigenvalue weighted by Gasteiger charge is -2.04. The van der Waals surface area contributed by atoms with E-state index in [2.05, 4.69) is 0 Å². The number of fused-ring (bicyclic) bond motifs is 1. The number of anilines is 1. The molecule has 1 aromatic heterocycles. The Morgan fingerprint density at radius 1 is 1.18 bits per heavy atom. The van der Waals surface area contributed by atoms with Gasteiger partial charge >= 0.3 is 5.76 Å². The van der Waals surface area contributed by atoms with Gasteiger partial charge in [0.15, 0.2) is 11.4 Å². The zero-order valence-corrected chi connectivity index (χ0v) is 12.3. The highest BCUT2D eigenvalue weighted by molar-refractivity contribution is 6.36. The summed E-state index contributed by atoms with van der Waals surface area (Å²) in [6, 6.07) is 6.12. The standard InChI is InChI=1S/C14H7Cl2FN2O3/c15-10-3-7(4-11-12(10)19(16)14(21)22-11)13(20)6-1-8(17)5-9(18)2-6/h1-5H,18H2. The van der Waals surface area contributed by atoms with Crippen molar-refractivity contribution in [3.63, 3.8) is 0 Å². The van der Waals surface area contributed by atoms with Gasteiger partial charge in [0.05, 0.1) is 5.02 Å². The van der Waals surface area contributed by atoms with E-state index in [1.54, 1.807) is 0 Å². The van der Waals surface area contributed by atoms with Crippen molar-refractivity contribution < 1.29 is 13.6 Å². The number of aromatic nitrogens is 1. The minimum atomic E-state index is -0.821. The Morgan fingerprint density at radius 2 is 1.86 bits per heavy atom. The van der Waals surface area contributed by atoms with Gasteiger partial charge in [-0.15, -0.1) is 0 Å². The molecule has 22 heavy (non-hydrogen) atoms. The lowest BCUT2D eigenvalue weighted by Crippen LogP contribution is -2.04. The fourth-order valence-electron chi connectivity index (χ4n) is 2.11. The van der Waals surface area contributed by atoms with Gasteiger partial charge in [0.2, 0.25) is 0 Å². The average molecular weight is 341 g/mol. The zero-order chi connectivity index (χ0) is 16.0. The summed E-state index contributed by atoms with van der Waals surface area (Å²) in [5, 5.41) is 0.0612. The van der Waals surface area contributed by atoms with Gasteiger partial charge in [0.25, 0.3) is 0 Å². The second-order valence-electron chi connectivity index (χ2n) is 4.56. The van der Waals surface area contributed by atoms with E-state index in [4.69, 9.17) is 33.5 Å².